The Morgan fingerprint density at radius 1 is 1.50 bits per heavy atom. The minimum absolute atomic E-state index is 0.225. The maximum atomic E-state index is 13.6. The predicted molar refractivity (Wildman–Crippen MR) is 77.1 cm³/mol. The van der Waals surface area contributed by atoms with Gasteiger partial charge < -0.3 is 0 Å². The summed E-state index contributed by atoms with van der Waals surface area (Å²) in [6.07, 6.45) is 2.58. The van der Waals surface area contributed by atoms with Gasteiger partial charge in [-0.1, -0.05) is 15.9 Å². The van der Waals surface area contributed by atoms with Crippen molar-refractivity contribution in [3.63, 3.8) is 0 Å². The van der Waals surface area contributed by atoms with Crippen LogP contribution in [0.5, 0.6) is 0 Å². The van der Waals surface area contributed by atoms with Crippen LogP contribution in [0.2, 0.25) is 0 Å². The predicted octanol–water partition coefficient (Wildman–Crippen LogP) is 2.57. The molecule has 0 saturated heterocycles. The SMILES string of the molecule is CCn1ncc(C=NNC(=O)c2ccc(Br)cc2)c1F. The molecule has 1 amide bonds. The molecule has 1 aromatic heterocycles. The number of halogens is 2. The van der Waals surface area contributed by atoms with Crippen LogP contribution in [0.1, 0.15) is 22.8 Å². The lowest BCUT2D eigenvalue weighted by molar-refractivity contribution is 0.0955. The summed E-state index contributed by atoms with van der Waals surface area (Å²) in [6, 6.07) is 6.82. The fourth-order valence-electron chi connectivity index (χ4n) is 1.52. The van der Waals surface area contributed by atoms with Gasteiger partial charge >= 0.3 is 0 Å². The normalized spacial score (nSPS) is 10.9. The molecule has 0 radical (unpaired) electrons. The first-order valence-corrected chi connectivity index (χ1v) is 6.71. The molecule has 2 aromatic rings. The van der Waals surface area contributed by atoms with Crippen LogP contribution < -0.4 is 5.43 Å². The Hall–Kier alpha value is -2.02. The molecule has 0 aliphatic rings. The number of amides is 1. The van der Waals surface area contributed by atoms with Crippen LogP contribution in [0.3, 0.4) is 0 Å². The lowest BCUT2D eigenvalue weighted by Gasteiger charge is -1.99. The Bertz CT molecular complexity index is 636. The van der Waals surface area contributed by atoms with E-state index in [0.717, 1.165) is 4.47 Å². The van der Waals surface area contributed by atoms with E-state index in [-0.39, 0.29) is 11.5 Å². The smallest absolute Gasteiger partial charge is 0.267 e. The second kappa shape index (κ2) is 6.42. The molecule has 0 spiro atoms. The van der Waals surface area contributed by atoms with Crippen LogP contribution in [0.4, 0.5) is 4.39 Å². The first-order valence-electron chi connectivity index (χ1n) is 5.92. The molecule has 1 N–H and O–H groups in total. The van der Waals surface area contributed by atoms with Crippen molar-refractivity contribution in [2.45, 2.75) is 13.5 Å². The quantitative estimate of drug-likeness (QED) is 0.688. The highest BCUT2D eigenvalue weighted by Gasteiger charge is 2.07. The maximum absolute atomic E-state index is 13.6. The fourth-order valence-corrected chi connectivity index (χ4v) is 1.78. The van der Waals surface area contributed by atoms with Crippen LogP contribution in [-0.4, -0.2) is 21.9 Å². The Morgan fingerprint density at radius 3 is 2.80 bits per heavy atom. The van der Waals surface area contributed by atoms with E-state index in [1.165, 1.54) is 17.1 Å². The zero-order chi connectivity index (χ0) is 14.5. The number of hydrazone groups is 1. The van der Waals surface area contributed by atoms with Gasteiger partial charge in [0, 0.05) is 16.6 Å². The minimum Gasteiger partial charge on any atom is -0.267 e. The van der Waals surface area contributed by atoms with Crippen LogP contribution in [0, 0.1) is 5.95 Å². The van der Waals surface area contributed by atoms with Crippen LogP contribution >= 0.6 is 15.9 Å². The summed E-state index contributed by atoms with van der Waals surface area (Å²) in [6.45, 7) is 2.22. The molecule has 0 aliphatic carbocycles. The molecule has 0 saturated carbocycles. The Morgan fingerprint density at radius 2 is 2.20 bits per heavy atom. The zero-order valence-electron chi connectivity index (χ0n) is 10.7. The molecule has 20 heavy (non-hydrogen) atoms. The average molecular weight is 339 g/mol. The van der Waals surface area contributed by atoms with Gasteiger partial charge in [-0.3, -0.25) is 4.79 Å². The molecule has 0 fully saturated rings. The van der Waals surface area contributed by atoms with E-state index in [0.29, 0.717) is 12.1 Å². The second-order valence-corrected chi connectivity index (χ2v) is 4.83. The first kappa shape index (κ1) is 14.4. The third-order valence-electron chi connectivity index (χ3n) is 2.58. The second-order valence-electron chi connectivity index (χ2n) is 3.91. The topological polar surface area (TPSA) is 59.3 Å². The van der Waals surface area contributed by atoms with Crippen molar-refractivity contribution in [3.8, 4) is 0 Å². The number of carbonyl (C=O) groups excluding carboxylic acids is 1. The number of carbonyl (C=O) groups is 1. The summed E-state index contributed by atoms with van der Waals surface area (Å²) in [5.74, 6) is -0.841. The molecule has 5 nitrogen and oxygen atoms in total. The van der Waals surface area contributed by atoms with Crippen molar-refractivity contribution in [2.75, 3.05) is 0 Å². The number of hydrogen-bond donors (Lipinski definition) is 1. The van der Waals surface area contributed by atoms with Crippen LogP contribution in [0.15, 0.2) is 40.0 Å². The molecule has 1 heterocycles. The number of hydrogen-bond acceptors (Lipinski definition) is 3. The van der Waals surface area contributed by atoms with Crippen molar-refractivity contribution in [1.82, 2.24) is 15.2 Å². The summed E-state index contributed by atoms with van der Waals surface area (Å²) in [5, 5.41) is 7.55. The number of nitrogens with zero attached hydrogens (tertiary/aromatic N) is 3. The highest BCUT2D eigenvalue weighted by atomic mass is 79.9. The van der Waals surface area contributed by atoms with E-state index < -0.39 is 5.95 Å². The standard InChI is InChI=1S/C13H12BrFN4O/c1-2-19-12(15)10(8-17-19)7-16-18-13(20)9-3-5-11(14)6-4-9/h3-8H,2H2,1H3,(H,18,20). The van der Waals surface area contributed by atoms with Gasteiger partial charge in [0.05, 0.1) is 18.0 Å². The Kier molecular flexibility index (Phi) is 4.62. The number of rotatable bonds is 4. The van der Waals surface area contributed by atoms with Crippen LogP contribution in [0.25, 0.3) is 0 Å². The summed E-state index contributed by atoms with van der Waals surface area (Å²) in [4.78, 5) is 11.7. The van der Waals surface area contributed by atoms with E-state index in [4.69, 9.17) is 0 Å². The molecular weight excluding hydrogens is 327 g/mol. The van der Waals surface area contributed by atoms with E-state index in [9.17, 15) is 9.18 Å². The molecule has 1 aromatic carbocycles. The fraction of sp³-hybridized carbons (Fsp3) is 0.154. The number of aryl methyl sites for hydroxylation is 1. The summed E-state index contributed by atoms with van der Waals surface area (Å²) < 4.78 is 15.7. The molecule has 0 atom stereocenters. The van der Waals surface area contributed by atoms with E-state index in [2.05, 4.69) is 31.6 Å². The molecule has 7 heteroatoms. The molecule has 0 aliphatic heterocycles. The summed E-state index contributed by atoms with van der Waals surface area (Å²) >= 11 is 3.28. The minimum atomic E-state index is -0.478. The zero-order valence-corrected chi connectivity index (χ0v) is 12.3. The molecule has 104 valence electrons. The first-order chi connectivity index (χ1) is 9.61. The Labute approximate surface area is 123 Å². The lowest BCUT2D eigenvalue weighted by atomic mass is 10.2. The van der Waals surface area contributed by atoms with Gasteiger partial charge in [0.2, 0.25) is 5.95 Å². The van der Waals surface area contributed by atoms with Crippen LogP contribution in [-0.2, 0) is 6.54 Å². The third-order valence-corrected chi connectivity index (χ3v) is 3.11. The van der Waals surface area contributed by atoms with Gasteiger partial charge in [-0.15, -0.1) is 0 Å². The summed E-state index contributed by atoms with van der Waals surface area (Å²) in [5.41, 5.74) is 3.03. The third kappa shape index (κ3) is 3.30. The van der Waals surface area contributed by atoms with E-state index in [1.54, 1.807) is 31.2 Å². The van der Waals surface area contributed by atoms with Gasteiger partial charge in [-0.05, 0) is 31.2 Å². The summed E-state index contributed by atoms with van der Waals surface area (Å²) in [7, 11) is 0. The number of benzene rings is 1. The number of nitrogens with one attached hydrogen (secondary N) is 1. The van der Waals surface area contributed by atoms with Crippen molar-refractivity contribution in [2.24, 2.45) is 5.10 Å². The van der Waals surface area contributed by atoms with Crippen molar-refractivity contribution in [3.05, 3.63) is 52.0 Å². The Balaban J connectivity index is 2.00. The van der Waals surface area contributed by atoms with Crippen molar-refractivity contribution < 1.29 is 9.18 Å². The van der Waals surface area contributed by atoms with Crippen molar-refractivity contribution in [1.29, 1.82) is 0 Å². The molecular formula is C13H12BrFN4O. The highest BCUT2D eigenvalue weighted by Crippen LogP contribution is 2.10. The maximum Gasteiger partial charge on any atom is 0.271 e. The van der Waals surface area contributed by atoms with E-state index in [1.807, 2.05) is 0 Å². The van der Waals surface area contributed by atoms with Gasteiger partial charge in [0.1, 0.15) is 0 Å². The highest BCUT2D eigenvalue weighted by molar-refractivity contribution is 9.10. The molecule has 0 bridgehead atoms. The largest absolute Gasteiger partial charge is 0.271 e. The van der Waals surface area contributed by atoms with Gasteiger partial charge in [0.15, 0.2) is 0 Å². The average Bonchev–Trinajstić information content (AvgIpc) is 2.80. The van der Waals surface area contributed by atoms with Crippen molar-refractivity contribution >= 4 is 28.1 Å². The number of aromatic nitrogens is 2. The van der Waals surface area contributed by atoms with Gasteiger partial charge in [0.25, 0.3) is 5.91 Å². The van der Waals surface area contributed by atoms with Gasteiger partial charge in [-0.2, -0.15) is 14.6 Å². The van der Waals surface area contributed by atoms with E-state index >= 15 is 0 Å². The monoisotopic (exact) mass is 338 g/mol. The molecule has 0 unspecified atom stereocenters. The lowest BCUT2D eigenvalue weighted by Crippen LogP contribution is -2.17. The molecule has 2 rings (SSSR count). The van der Waals surface area contributed by atoms with Gasteiger partial charge in [-0.25, -0.2) is 10.1 Å².